The lowest BCUT2D eigenvalue weighted by Crippen LogP contribution is -2.27. The standard InChI is InChI=1S/C16H23FN2O3S.ClH/c1-11(19-16(20)6-3-12-7-8-18-10-12)13-4-5-15(14(17)9-13)23(2,21)22;/h4-5,9,11-12,18H,3,6-8,10H2,1-2H3,(H,19,20);1H. The summed E-state index contributed by atoms with van der Waals surface area (Å²) < 4.78 is 36.7. The van der Waals surface area contributed by atoms with Crippen LogP contribution >= 0.6 is 12.4 Å². The number of amides is 1. The molecule has 0 spiro atoms. The largest absolute Gasteiger partial charge is 0.350 e. The van der Waals surface area contributed by atoms with Crippen LogP contribution in [0.1, 0.15) is 37.8 Å². The molecular formula is C16H24ClFN2O3S. The summed E-state index contributed by atoms with van der Waals surface area (Å²) in [5, 5.41) is 6.09. The number of sulfone groups is 1. The second-order valence-corrected chi connectivity index (χ2v) is 8.13. The number of rotatable bonds is 6. The molecule has 5 nitrogen and oxygen atoms in total. The molecule has 2 unspecified atom stereocenters. The van der Waals surface area contributed by atoms with Gasteiger partial charge in [-0.25, -0.2) is 12.8 Å². The highest BCUT2D eigenvalue weighted by Gasteiger charge is 2.18. The molecule has 136 valence electrons. The Morgan fingerprint density at radius 2 is 2.17 bits per heavy atom. The lowest BCUT2D eigenvalue weighted by atomic mass is 10.0. The molecule has 1 aromatic carbocycles. The first-order chi connectivity index (χ1) is 10.8. The lowest BCUT2D eigenvalue weighted by molar-refractivity contribution is -0.122. The van der Waals surface area contributed by atoms with Crippen LogP contribution in [-0.2, 0) is 14.6 Å². The van der Waals surface area contributed by atoms with E-state index in [1.54, 1.807) is 6.92 Å². The van der Waals surface area contributed by atoms with Crippen molar-refractivity contribution >= 4 is 28.2 Å². The van der Waals surface area contributed by atoms with Crippen LogP contribution in [-0.4, -0.2) is 33.7 Å². The molecule has 1 amide bonds. The highest BCUT2D eigenvalue weighted by molar-refractivity contribution is 7.90. The van der Waals surface area contributed by atoms with Gasteiger partial charge in [0, 0.05) is 12.7 Å². The summed E-state index contributed by atoms with van der Waals surface area (Å²) in [6.45, 7) is 3.72. The minimum Gasteiger partial charge on any atom is -0.350 e. The number of carbonyl (C=O) groups excluding carboxylic acids is 1. The molecule has 0 aliphatic carbocycles. The van der Waals surface area contributed by atoms with Crippen molar-refractivity contribution in [2.75, 3.05) is 19.3 Å². The van der Waals surface area contributed by atoms with E-state index in [0.717, 1.165) is 32.2 Å². The summed E-state index contributed by atoms with van der Waals surface area (Å²) >= 11 is 0. The van der Waals surface area contributed by atoms with Gasteiger partial charge in [0.25, 0.3) is 0 Å². The molecule has 0 aromatic heterocycles. The Morgan fingerprint density at radius 1 is 1.46 bits per heavy atom. The van der Waals surface area contributed by atoms with Gasteiger partial charge < -0.3 is 10.6 Å². The van der Waals surface area contributed by atoms with Crippen LogP contribution < -0.4 is 10.6 Å². The van der Waals surface area contributed by atoms with Crippen LogP contribution in [0.4, 0.5) is 4.39 Å². The zero-order valence-corrected chi connectivity index (χ0v) is 15.5. The normalized spacial score (nSPS) is 18.7. The molecule has 1 aromatic rings. The van der Waals surface area contributed by atoms with Crippen molar-refractivity contribution in [3.63, 3.8) is 0 Å². The molecule has 8 heteroatoms. The topological polar surface area (TPSA) is 75.3 Å². The first-order valence-corrected chi connectivity index (χ1v) is 9.66. The van der Waals surface area contributed by atoms with Gasteiger partial charge in [-0.05, 0) is 56.5 Å². The van der Waals surface area contributed by atoms with Crippen molar-refractivity contribution in [2.45, 2.75) is 37.1 Å². The fourth-order valence-electron chi connectivity index (χ4n) is 2.78. The second-order valence-electron chi connectivity index (χ2n) is 6.15. The maximum Gasteiger partial charge on any atom is 0.220 e. The number of halogens is 2. The fourth-order valence-corrected chi connectivity index (χ4v) is 3.51. The molecule has 0 saturated carbocycles. The minimum absolute atomic E-state index is 0. The Balaban J connectivity index is 0.00000288. The number of benzene rings is 1. The van der Waals surface area contributed by atoms with E-state index in [4.69, 9.17) is 0 Å². The van der Waals surface area contributed by atoms with E-state index in [1.807, 2.05) is 0 Å². The molecule has 0 bridgehead atoms. The van der Waals surface area contributed by atoms with Crippen LogP contribution in [0.3, 0.4) is 0 Å². The van der Waals surface area contributed by atoms with Gasteiger partial charge in [-0.15, -0.1) is 12.4 Å². The Labute approximate surface area is 148 Å². The van der Waals surface area contributed by atoms with E-state index in [-0.39, 0.29) is 29.3 Å². The second kappa shape index (κ2) is 8.78. The molecule has 1 fully saturated rings. The summed E-state index contributed by atoms with van der Waals surface area (Å²) in [6.07, 6.45) is 3.35. The molecule has 1 heterocycles. The number of nitrogens with one attached hydrogen (secondary N) is 2. The van der Waals surface area contributed by atoms with Gasteiger partial charge in [-0.3, -0.25) is 4.79 Å². The minimum atomic E-state index is -3.59. The third kappa shape index (κ3) is 5.72. The average Bonchev–Trinajstić information content (AvgIpc) is 2.96. The number of hydrogen-bond acceptors (Lipinski definition) is 4. The summed E-state index contributed by atoms with van der Waals surface area (Å²) in [5.74, 6) is -0.317. The highest BCUT2D eigenvalue weighted by atomic mass is 35.5. The third-order valence-corrected chi connectivity index (χ3v) is 5.30. The van der Waals surface area contributed by atoms with E-state index < -0.39 is 15.7 Å². The van der Waals surface area contributed by atoms with Crippen LogP contribution in [0.5, 0.6) is 0 Å². The van der Waals surface area contributed by atoms with E-state index in [1.165, 1.54) is 18.2 Å². The molecule has 2 rings (SSSR count). The SMILES string of the molecule is CC(NC(=O)CCC1CCNC1)c1ccc(S(C)(=O)=O)c(F)c1.Cl. The third-order valence-electron chi connectivity index (χ3n) is 4.17. The van der Waals surface area contributed by atoms with Gasteiger partial charge in [0.2, 0.25) is 5.91 Å². The zero-order chi connectivity index (χ0) is 17.0. The molecule has 1 aliphatic rings. The number of hydrogen-bond donors (Lipinski definition) is 2. The predicted molar refractivity (Wildman–Crippen MR) is 93.5 cm³/mol. The Bertz CT molecular complexity index is 676. The smallest absolute Gasteiger partial charge is 0.220 e. The molecule has 24 heavy (non-hydrogen) atoms. The Kier molecular flexibility index (Phi) is 7.63. The van der Waals surface area contributed by atoms with Crippen molar-refractivity contribution in [3.05, 3.63) is 29.6 Å². The molecule has 2 N–H and O–H groups in total. The van der Waals surface area contributed by atoms with Gasteiger partial charge in [-0.1, -0.05) is 6.07 Å². The van der Waals surface area contributed by atoms with Crippen LogP contribution in [0, 0.1) is 11.7 Å². The van der Waals surface area contributed by atoms with Crippen LogP contribution in [0.25, 0.3) is 0 Å². The van der Waals surface area contributed by atoms with Crippen molar-refractivity contribution in [1.82, 2.24) is 10.6 Å². The summed E-state index contributed by atoms with van der Waals surface area (Å²) in [5.41, 5.74) is 0.547. The average molecular weight is 379 g/mol. The van der Waals surface area contributed by atoms with E-state index >= 15 is 0 Å². The first kappa shape index (κ1) is 20.9. The van der Waals surface area contributed by atoms with Gasteiger partial charge >= 0.3 is 0 Å². The van der Waals surface area contributed by atoms with Gasteiger partial charge in [0.15, 0.2) is 9.84 Å². The summed E-state index contributed by atoms with van der Waals surface area (Å²) in [6, 6.07) is 3.58. The van der Waals surface area contributed by atoms with E-state index in [9.17, 15) is 17.6 Å². The first-order valence-electron chi connectivity index (χ1n) is 7.77. The van der Waals surface area contributed by atoms with Crippen LogP contribution in [0.2, 0.25) is 0 Å². The fraction of sp³-hybridized carbons (Fsp3) is 0.562. The van der Waals surface area contributed by atoms with Gasteiger partial charge in [0.05, 0.1) is 6.04 Å². The van der Waals surface area contributed by atoms with Gasteiger partial charge in [-0.2, -0.15) is 0 Å². The summed E-state index contributed by atoms with van der Waals surface area (Å²) in [7, 11) is -3.59. The number of carbonyl (C=O) groups is 1. The Hall–Kier alpha value is -1.18. The Morgan fingerprint density at radius 3 is 2.71 bits per heavy atom. The lowest BCUT2D eigenvalue weighted by Gasteiger charge is -2.16. The monoisotopic (exact) mass is 378 g/mol. The molecule has 2 atom stereocenters. The van der Waals surface area contributed by atoms with Crippen molar-refractivity contribution in [3.8, 4) is 0 Å². The van der Waals surface area contributed by atoms with E-state index in [0.29, 0.717) is 17.9 Å². The maximum atomic E-state index is 13.9. The van der Waals surface area contributed by atoms with Crippen molar-refractivity contribution in [1.29, 1.82) is 0 Å². The molecule has 0 radical (unpaired) electrons. The summed E-state index contributed by atoms with van der Waals surface area (Å²) in [4.78, 5) is 11.6. The van der Waals surface area contributed by atoms with Crippen molar-refractivity contribution in [2.24, 2.45) is 5.92 Å². The molecule has 1 saturated heterocycles. The molecule has 1 aliphatic heterocycles. The molecular weight excluding hydrogens is 355 g/mol. The quantitative estimate of drug-likeness (QED) is 0.795. The highest BCUT2D eigenvalue weighted by Crippen LogP contribution is 2.21. The van der Waals surface area contributed by atoms with Crippen molar-refractivity contribution < 1.29 is 17.6 Å². The maximum absolute atomic E-state index is 13.9. The van der Waals surface area contributed by atoms with Gasteiger partial charge in [0.1, 0.15) is 10.7 Å². The van der Waals surface area contributed by atoms with Crippen LogP contribution in [0.15, 0.2) is 23.1 Å². The zero-order valence-electron chi connectivity index (χ0n) is 13.8. The van der Waals surface area contributed by atoms with E-state index in [2.05, 4.69) is 10.6 Å². The predicted octanol–water partition coefficient (Wildman–Crippen LogP) is 2.22.